The smallest absolute Gasteiger partial charge is 0.239 e. The van der Waals surface area contributed by atoms with Gasteiger partial charge in [-0.25, -0.2) is 0 Å². The lowest BCUT2D eigenvalue weighted by Crippen LogP contribution is -2.29. The number of hydrogen-bond donors (Lipinski definition) is 2. The summed E-state index contributed by atoms with van der Waals surface area (Å²) in [7, 11) is 0. The van der Waals surface area contributed by atoms with Gasteiger partial charge in [-0.3, -0.25) is 4.79 Å². The molecule has 6 heteroatoms. The minimum Gasteiger partial charge on any atom is -0.467 e. The molecule has 0 aliphatic carbocycles. The molecule has 3 aromatic rings. The first-order chi connectivity index (χ1) is 12.2. The Bertz CT molecular complexity index is 834. The number of hydrogen-bond acceptors (Lipinski definition) is 4. The zero-order valence-electron chi connectivity index (χ0n) is 13.4. The molecule has 0 saturated heterocycles. The number of ether oxygens (including phenoxy) is 1. The van der Waals surface area contributed by atoms with Crippen LogP contribution in [-0.4, -0.2) is 12.5 Å². The highest BCUT2D eigenvalue weighted by atomic mass is 35.5. The van der Waals surface area contributed by atoms with E-state index in [1.807, 2.05) is 36.4 Å². The number of carbonyl (C=O) groups excluding carboxylic acids is 1. The fourth-order valence-corrected chi connectivity index (χ4v) is 2.36. The fraction of sp³-hybridized carbons (Fsp3) is 0.105. The standard InChI is InChI=1S/C19H17ClN2O3/c20-15-7-1-3-9-17(15)25-18-10-4-2-8-16(18)21-13-19(23)22-12-14-6-5-11-24-14/h1-11,21H,12-13H2,(H,22,23). The van der Waals surface area contributed by atoms with Crippen LogP contribution in [0.25, 0.3) is 0 Å². The van der Waals surface area contributed by atoms with Gasteiger partial charge in [-0.2, -0.15) is 0 Å². The number of nitrogens with one attached hydrogen (secondary N) is 2. The van der Waals surface area contributed by atoms with Gasteiger partial charge in [0.05, 0.1) is 30.1 Å². The summed E-state index contributed by atoms with van der Waals surface area (Å²) in [6.07, 6.45) is 1.57. The molecule has 1 heterocycles. The van der Waals surface area contributed by atoms with Gasteiger partial charge in [0.2, 0.25) is 5.91 Å². The van der Waals surface area contributed by atoms with Crippen LogP contribution in [0.5, 0.6) is 11.5 Å². The number of para-hydroxylation sites is 3. The molecule has 2 N–H and O–H groups in total. The molecule has 1 amide bonds. The third kappa shape index (κ3) is 4.78. The third-order valence-corrected chi connectivity index (χ3v) is 3.74. The molecule has 128 valence electrons. The van der Waals surface area contributed by atoms with Crippen LogP contribution >= 0.6 is 11.6 Å². The van der Waals surface area contributed by atoms with E-state index in [1.165, 1.54) is 0 Å². The molecule has 0 radical (unpaired) electrons. The first kappa shape index (κ1) is 16.9. The highest BCUT2D eigenvalue weighted by molar-refractivity contribution is 6.32. The molecule has 2 aromatic carbocycles. The van der Waals surface area contributed by atoms with Crippen molar-refractivity contribution in [2.75, 3.05) is 11.9 Å². The second kappa shape index (κ2) is 8.26. The molecule has 0 aliphatic rings. The number of furan rings is 1. The van der Waals surface area contributed by atoms with E-state index >= 15 is 0 Å². The molecule has 0 bridgehead atoms. The Morgan fingerprint density at radius 3 is 2.52 bits per heavy atom. The van der Waals surface area contributed by atoms with E-state index in [1.54, 1.807) is 30.5 Å². The Hall–Kier alpha value is -2.92. The molecule has 0 spiro atoms. The first-order valence-corrected chi connectivity index (χ1v) is 8.14. The highest BCUT2D eigenvalue weighted by Gasteiger charge is 2.08. The molecule has 1 aromatic heterocycles. The van der Waals surface area contributed by atoms with Crippen LogP contribution in [-0.2, 0) is 11.3 Å². The molecule has 0 saturated carbocycles. The second-order valence-electron chi connectivity index (χ2n) is 5.24. The van der Waals surface area contributed by atoms with Crippen LogP contribution < -0.4 is 15.4 Å². The Labute approximate surface area is 150 Å². The Morgan fingerprint density at radius 2 is 1.76 bits per heavy atom. The summed E-state index contributed by atoms with van der Waals surface area (Å²) in [5, 5.41) is 6.37. The van der Waals surface area contributed by atoms with Crippen molar-refractivity contribution in [3.63, 3.8) is 0 Å². The van der Waals surface area contributed by atoms with Gasteiger partial charge in [-0.05, 0) is 36.4 Å². The normalized spacial score (nSPS) is 10.3. The van der Waals surface area contributed by atoms with Gasteiger partial charge in [0.1, 0.15) is 11.5 Å². The molecule has 0 atom stereocenters. The van der Waals surface area contributed by atoms with Gasteiger partial charge in [0.25, 0.3) is 0 Å². The van der Waals surface area contributed by atoms with Crippen molar-refractivity contribution in [2.24, 2.45) is 0 Å². The van der Waals surface area contributed by atoms with Crippen LogP contribution in [0.3, 0.4) is 0 Å². The number of halogens is 1. The van der Waals surface area contributed by atoms with Crippen molar-refractivity contribution in [3.8, 4) is 11.5 Å². The monoisotopic (exact) mass is 356 g/mol. The molecular formula is C19H17ClN2O3. The average Bonchev–Trinajstić information content (AvgIpc) is 3.15. The van der Waals surface area contributed by atoms with Crippen LogP contribution in [0.4, 0.5) is 5.69 Å². The minimum absolute atomic E-state index is 0.115. The molecule has 25 heavy (non-hydrogen) atoms. The lowest BCUT2D eigenvalue weighted by molar-refractivity contribution is -0.119. The number of rotatable bonds is 7. The molecule has 0 aliphatic heterocycles. The van der Waals surface area contributed by atoms with Crippen molar-refractivity contribution < 1.29 is 13.9 Å². The number of anilines is 1. The largest absolute Gasteiger partial charge is 0.467 e. The summed E-state index contributed by atoms with van der Waals surface area (Å²) in [6.45, 7) is 0.467. The van der Waals surface area contributed by atoms with Gasteiger partial charge >= 0.3 is 0 Å². The van der Waals surface area contributed by atoms with E-state index in [4.69, 9.17) is 20.8 Å². The van der Waals surface area contributed by atoms with E-state index in [0.717, 1.165) is 0 Å². The number of carbonyl (C=O) groups is 1. The summed E-state index contributed by atoms with van der Waals surface area (Å²) in [5.74, 6) is 1.70. The van der Waals surface area contributed by atoms with E-state index in [-0.39, 0.29) is 12.5 Å². The van der Waals surface area contributed by atoms with Crippen LogP contribution in [0.15, 0.2) is 71.3 Å². The summed E-state index contributed by atoms with van der Waals surface area (Å²) in [5.41, 5.74) is 0.704. The molecule has 5 nitrogen and oxygen atoms in total. The van der Waals surface area contributed by atoms with Crippen molar-refractivity contribution >= 4 is 23.2 Å². The Balaban J connectivity index is 1.59. The second-order valence-corrected chi connectivity index (χ2v) is 5.65. The third-order valence-electron chi connectivity index (χ3n) is 3.42. The van der Waals surface area contributed by atoms with Gasteiger partial charge in [-0.1, -0.05) is 35.9 Å². The summed E-state index contributed by atoms with van der Waals surface area (Å²) >= 11 is 6.13. The lowest BCUT2D eigenvalue weighted by Gasteiger charge is -2.13. The van der Waals surface area contributed by atoms with Gasteiger partial charge in [0, 0.05) is 0 Å². The predicted octanol–water partition coefficient (Wildman–Crippen LogP) is 4.45. The SMILES string of the molecule is O=C(CNc1ccccc1Oc1ccccc1Cl)NCc1ccco1. The van der Waals surface area contributed by atoms with Crippen molar-refractivity contribution in [1.29, 1.82) is 0 Å². The summed E-state index contributed by atoms with van der Waals surface area (Å²) < 4.78 is 11.0. The fourth-order valence-electron chi connectivity index (χ4n) is 2.18. The van der Waals surface area contributed by atoms with E-state index in [9.17, 15) is 4.79 Å². The molecule has 0 unspecified atom stereocenters. The quantitative estimate of drug-likeness (QED) is 0.656. The maximum atomic E-state index is 12.0. The van der Waals surface area contributed by atoms with Crippen molar-refractivity contribution in [1.82, 2.24) is 5.32 Å². The van der Waals surface area contributed by atoms with Gasteiger partial charge < -0.3 is 19.8 Å². The maximum absolute atomic E-state index is 12.0. The topological polar surface area (TPSA) is 63.5 Å². The molecule has 0 fully saturated rings. The number of benzene rings is 2. The lowest BCUT2D eigenvalue weighted by atomic mass is 10.3. The molecule has 3 rings (SSSR count). The van der Waals surface area contributed by atoms with Crippen molar-refractivity contribution in [3.05, 3.63) is 77.7 Å². The summed E-state index contributed by atoms with van der Waals surface area (Å²) in [4.78, 5) is 12.0. The molecular weight excluding hydrogens is 340 g/mol. The summed E-state index contributed by atoms with van der Waals surface area (Å²) in [6, 6.07) is 18.2. The van der Waals surface area contributed by atoms with Crippen LogP contribution in [0, 0.1) is 0 Å². The zero-order valence-corrected chi connectivity index (χ0v) is 14.1. The van der Waals surface area contributed by atoms with Crippen LogP contribution in [0.2, 0.25) is 5.02 Å². The zero-order chi connectivity index (χ0) is 17.5. The van der Waals surface area contributed by atoms with E-state index in [2.05, 4.69) is 10.6 Å². The van der Waals surface area contributed by atoms with Crippen LogP contribution in [0.1, 0.15) is 5.76 Å². The van der Waals surface area contributed by atoms with E-state index in [0.29, 0.717) is 34.5 Å². The van der Waals surface area contributed by atoms with E-state index < -0.39 is 0 Å². The Morgan fingerprint density at radius 1 is 1.00 bits per heavy atom. The number of amides is 1. The predicted molar refractivity (Wildman–Crippen MR) is 97.0 cm³/mol. The van der Waals surface area contributed by atoms with Gasteiger partial charge in [0.15, 0.2) is 5.75 Å². The Kier molecular flexibility index (Phi) is 5.59. The maximum Gasteiger partial charge on any atom is 0.239 e. The minimum atomic E-state index is -0.149. The first-order valence-electron chi connectivity index (χ1n) is 7.77. The highest BCUT2D eigenvalue weighted by Crippen LogP contribution is 2.33. The average molecular weight is 357 g/mol. The van der Waals surface area contributed by atoms with Crippen molar-refractivity contribution in [2.45, 2.75) is 6.54 Å². The van der Waals surface area contributed by atoms with Gasteiger partial charge in [-0.15, -0.1) is 0 Å².